The highest BCUT2D eigenvalue weighted by Crippen LogP contribution is 2.34. The number of rotatable bonds is 4. The number of hydrogen-bond acceptors (Lipinski definition) is 4. The zero-order chi connectivity index (χ0) is 19.0. The van der Waals surface area contributed by atoms with Crippen molar-refractivity contribution in [3.8, 4) is 0 Å². The first-order chi connectivity index (χ1) is 12.9. The van der Waals surface area contributed by atoms with E-state index in [4.69, 9.17) is 0 Å². The van der Waals surface area contributed by atoms with Gasteiger partial charge in [-0.15, -0.1) is 0 Å². The first-order valence-corrected chi connectivity index (χ1v) is 10.3. The number of fused-ring (bicyclic) bond motifs is 1. The average molecular weight is 379 g/mol. The van der Waals surface area contributed by atoms with E-state index in [0.717, 1.165) is 24.2 Å². The molecule has 0 unspecified atom stereocenters. The Hall–Kier alpha value is -2.86. The van der Waals surface area contributed by atoms with Crippen LogP contribution in [0.2, 0.25) is 0 Å². The van der Waals surface area contributed by atoms with Gasteiger partial charge in [-0.3, -0.25) is 4.72 Å². The standard InChI is InChI=1S/C21H21N3O2S/c1-15-7-9-20(16(2)13-15)27(25,26)23-21-10-8-18(14-22-21)24-12-11-17-5-3-4-6-19(17)24/h3-10,13-14H,11-12H2,1-2H3,(H,22,23). The zero-order valence-corrected chi connectivity index (χ0v) is 16.1. The molecule has 6 heteroatoms. The molecule has 3 aromatic rings. The van der Waals surface area contributed by atoms with Crippen LogP contribution in [0.25, 0.3) is 0 Å². The minimum Gasteiger partial charge on any atom is -0.340 e. The molecule has 4 rings (SSSR count). The number of nitrogens with zero attached hydrogens (tertiary/aromatic N) is 2. The Morgan fingerprint density at radius 1 is 1.04 bits per heavy atom. The molecule has 0 amide bonds. The second-order valence-corrected chi connectivity index (χ2v) is 8.46. The van der Waals surface area contributed by atoms with E-state index in [1.54, 1.807) is 31.3 Å². The van der Waals surface area contributed by atoms with Gasteiger partial charge in [0, 0.05) is 12.2 Å². The second kappa shape index (κ2) is 6.70. The average Bonchev–Trinajstić information content (AvgIpc) is 3.06. The molecule has 5 nitrogen and oxygen atoms in total. The number of nitrogens with one attached hydrogen (secondary N) is 1. The predicted octanol–water partition coefficient (Wildman–Crippen LogP) is 4.19. The van der Waals surface area contributed by atoms with Crippen molar-refractivity contribution in [1.29, 1.82) is 0 Å². The quantitative estimate of drug-likeness (QED) is 0.738. The number of sulfonamides is 1. The van der Waals surface area contributed by atoms with Crippen LogP contribution in [-0.4, -0.2) is 19.9 Å². The summed E-state index contributed by atoms with van der Waals surface area (Å²) in [4.78, 5) is 6.79. The Kier molecular flexibility index (Phi) is 4.36. The van der Waals surface area contributed by atoms with Gasteiger partial charge in [0.15, 0.2) is 0 Å². The van der Waals surface area contributed by atoms with E-state index in [2.05, 4.69) is 26.7 Å². The minimum atomic E-state index is -3.67. The lowest BCUT2D eigenvalue weighted by Crippen LogP contribution is -2.16. The van der Waals surface area contributed by atoms with Crippen molar-refractivity contribution in [2.24, 2.45) is 0 Å². The molecule has 1 aliphatic rings. The fourth-order valence-electron chi connectivity index (χ4n) is 3.51. The monoisotopic (exact) mass is 379 g/mol. The number of para-hydroxylation sites is 1. The molecule has 0 saturated heterocycles. The Balaban J connectivity index is 1.56. The summed E-state index contributed by atoms with van der Waals surface area (Å²) in [6.07, 6.45) is 2.71. The summed E-state index contributed by atoms with van der Waals surface area (Å²) in [5, 5.41) is 0. The maximum Gasteiger partial charge on any atom is 0.263 e. The van der Waals surface area contributed by atoms with Gasteiger partial charge in [0.2, 0.25) is 0 Å². The smallest absolute Gasteiger partial charge is 0.263 e. The van der Waals surface area contributed by atoms with Crippen molar-refractivity contribution in [3.63, 3.8) is 0 Å². The van der Waals surface area contributed by atoms with E-state index in [-0.39, 0.29) is 4.90 Å². The topological polar surface area (TPSA) is 62.3 Å². The van der Waals surface area contributed by atoms with Crippen molar-refractivity contribution >= 4 is 27.2 Å². The van der Waals surface area contributed by atoms with E-state index >= 15 is 0 Å². The molecule has 1 aliphatic heterocycles. The fraction of sp³-hybridized carbons (Fsp3) is 0.190. The van der Waals surface area contributed by atoms with E-state index in [1.165, 1.54) is 11.3 Å². The molecule has 0 saturated carbocycles. The number of hydrogen-bond donors (Lipinski definition) is 1. The molecule has 0 spiro atoms. The molecular weight excluding hydrogens is 358 g/mol. The lowest BCUT2D eigenvalue weighted by molar-refractivity contribution is 0.600. The lowest BCUT2D eigenvalue weighted by atomic mass is 10.2. The summed E-state index contributed by atoms with van der Waals surface area (Å²) in [5.74, 6) is 0.311. The van der Waals surface area contributed by atoms with Gasteiger partial charge in [-0.1, -0.05) is 35.9 Å². The normalized spacial score (nSPS) is 13.5. The van der Waals surface area contributed by atoms with Crippen molar-refractivity contribution in [2.45, 2.75) is 25.2 Å². The van der Waals surface area contributed by atoms with E-state index in [0.29, 0.717) is 11.4 Å². The van der Waals surface area contributed by atoms with Crippen LogP contribution in [0.3, 0.4) is 0 Å². The molecule has 2 aromatic carbocycles. The molecule has 0 radical (unpaired) electrons. The van der Waals surface area contributed by atoms with Crippen LogP contribution < -0.4 is 9.62 Å². The first kappa shape index (κ1) is 17.5. The van der Waals surface area contributed by atoms with Gasteiger partial charge in [0.1, 0.15) is 5.82 Å². The molecule has 138 valence electrons. The van der Waals surface area contributed by atoms with Gasteiger partial charge in [-0.2, -0.15) is 0 Å². The van der Waals surface area contributed by atoms with E-state index < -0.39 is 10.0 Å². The molecule has 0 atom stereocenters. The van der Waals surface area contributed by atoms with Gasteiger partial charge >= 0.3 is 0 Å². The maximum atomic E-state index is 12.7. The summed E-state index contributed by atoms with van der Waals surface area (Å²) in [7, 11) is -3.67. The van der Waals surface area contributed by atoms with E-state index in [1.807, 2.05) is 31.2 Å². The summed E-state index contributed by atoms with van der Waals surface area (Å²) in [6.45, 7) is 4.63. The highest BCUT2D eigenvalue weighted by atomic mass is 32.2. The SMILES string of the molecule is Cc1ccc(S(=O)(=O)Nc2ccc(N3CCc4ccccc43)cn2)c(C)c1. The Morgan fingerprint density at radius 3 is 2.59 bits per heavy atom. The number of aromatic nitrogens is 1. The van der Waals surface area contributed by atoms with Gasteiger partial charge in [0.05, 0.1) is 16.8 Å². The van der Waals surface area contributed by atoms with Crippen LogP contribution in [0.15, 0.2) is 65.7 Å². The van der Waals surface area contributed by atoms with Crippen molar-refractivity contribution < 1.29 is 8.42 Å². The van der Waals surface area contributed by atoms with Crippen LogP contribution in [0.5, 0.6) is 0 Å². The molecular formula is C21H21N3O2S. The van der Waals surface area contributed by atoms with E-state index in [9.17, 15) is 8.42 Å². The third-order valence-electron chi connectivity index (χ3n) is 4.81. The van der Waals surface area contributed by atoms with Gasteiger partial charge in [0.25, 0.3) is 10.0 Å². The van der Waals surface area contributed by atoms with Crippen LogP contribution in [0.4, 0.5) is 17.2 Å². The highest BCUT2D eigenvalue weighted by Gasteiger charge is 2.21. The summed E-state index contributed by atoms with van der Waals surface area (Å²) >= 11 is 0. The molecule has 1 N–H and O–H groups in total. The minimum absolute atomic E-state index is 0.271. The molecule has 0 fully saturated rings. The Labute approximate surface area is 159 Å². The summed E-state index contributed by atoms with van der Waals surface area (Å²) < 4.78 is 27.9. The van der Waals surface area contributed by atoms with Gasteiger partial charge in [-0.25, -0.2) is 13.4 Å². The summed E-state index contributed by atoms with van der Waals surface area (Å²) in [6, 6.07) is 17.2. The second-order valence-electron chi connectivity index (χ2n) is 6.81. The largest absolute Gasteiger partial charge is 0.340 e. The molecule has 27 heavy (non-hydrogen) atoms. The maximum absolute atomic E-state index is 12.7. The molecule has 0 bridgehead atoms. The summed E-state index contributed by atoms with van der Waals surface area (Å²) in [5.41, 5.74) is 5.20. The van der Waals surface area contributed by atoms with Crippen LogP contribution in [0.1, 0.15) is 16.7 Å². The number of aryl methyl sites for hydroxylation is 2. The molecule has 2 heterocycles. The number of pyridine rings is 1. The fourth-order valence-corrected chi connectivity index (χ4v) is 4.74. The van der Waals surface area contributed by atoms with Crippen LogP contribution in [-0.2, 0) is 16.4 Å². The van der Waals surface area contributed by atoms with Crippen molar-refractivity contribution in [1.82, 2.24) is 4.98 Å². The van der Waals surface area contributed by atoms with Crippen LogP contribution >= 0.6 is 0 Å². The highest BCUT2D eigenvalue weighted by molar-refractivity contribution is 7.92. The number of anilines is 3. The first-order valence-electron chi connectivity index (χ1n) is 8.86. The van der Waals surface area contributed by atoms with Gasteiger partial charge < -0.3 is 4.90 Å². The Morgan fingerprint density at radius 2 is 1.85 bits per heavy atom. The van der Waals surface area contributed by atoms with Gasteiger partial charge in [-0.05, 0) is 55.7 Å². The van der Waals surface area contributed by atoms with Crippen LogP contribution in [0, 0.1) is 13.8 Å². The Bertz CT molecular complexity index is 1090. The number of benzene rings is 2. The molecule has 1 aromatic heterocycles. The van der Waals surface area contributed by atoms with Crippen molar-refractivity contribution in [3.05, 3.63) is 77.5 Å². The third kappa shape index (κ3) is 3.40. The third-order valence-corrected chi connectivity index (χ3v) is 6.32. The lowest BCUT2D eigenvalue weighted by Gasteiger charge is -2.19. The van der Waals surface area contributed by atoms with Crippen molar-refractivity contribution in [2.75, 3.05) is 16.2 Å². The zero-order valence-electron chi connectivity index (χ0n) is 15.3. The predicted molar refractivity (Wildman–Crippen MR) is 108 cm³/mol. The molecule has 0 aliphatic carbocycles.